The maximum Gasteiger partial charge on any atom is 0.344 e. The Morgan fingerprint density at radius 2 is 1.78 bits per heavy atom. The minimum Gasteiger partial charge on any atom is -0.467 e. The topological polar surface area (TPSA) is 82.0 Å². The van der Waals surface area contributed by atoms with Gasteiger partial charge in [-0.05, 0) is 19.4 Å². The molecule has 0 N–H and O–H groups in total. The Morgan fingerprint density at radius 3 is 2.26 bits per heavy atom. The normalized spacial score (nSPS) is 25.8. The maximum absolute atomic E-state index is 12.4. The van der Waals surface area contributed by atoms with Crippen molar-refractivity contribution in [2.24, 2.45) is 4.99 Å². The van der Waals surface area contributed by atoms with Crippen molar-refractivity contribution < 1.29 is 23.9 Å². The smallest absolute Gasteiger partial charge is 0.344 e. The molecule has 0 aromatic heterocycles. The third-order valence-electron chi connectivity index (χ3n) is 3.70. The van der Waals surface area contributed by atoms with E-state index in [1.807, 2.05) is 0 Å². The lowest BCUT2D eigenvalue weighted by atomic mass is 9.69. The van der Waals surface area contributed by atoms with Gasteiger partial charge in [-0.25, -0.2) is 9.59 Å². The number of benzene rings is 1. The van der Waals surface area contributed by atoms with Crippen molar-refractivity contribution in [1.29, 1.82) is 0 Å². The van der Waals surface area contributed by atoms with Gasteiger partial charge in [0.15, 0.2) is 5.78 Å². The van der Waals surface area contributed by atoms with Crippen molar-refractivity contribution in [2.75, 3.05) is 13.7 Å². The van der Waals surface area contributed by atoms with Gasteiger partial charge in [0, 0.05) is 0 Å². The zero-order chi connectivity index (χ0) is 17.3. The molecule has 0 spiro atoms. The van der Waals surface area contributed by atoms with E-state index in [2.05, 4.69) is 4.99 Å². The molecule has 2 rings (SSSR count). The van der Waals surface area contributed by atoms with Gasteiger partial charge in [-0.2, -0.15) is 0 Å². The van der Waals surface area contributed by atoms with Gasteiger partial charge in [0.25, 0.3) is 5.54 Å². The predicted octanol–water partition coefficient (Wildman–Crippen LogP) is 1.53. The van der Waals surface area contributed by atoms with E-state index in [4.69, 9.17) is 21.1 Å². The van der Waals surface area contributed by atoms with Crippen LogP contribution in [0.5, 0.6) is 0 Å². The van der Waals surface area contributed by atoms with E-state index in [1.165, 1.54) is 0 Å². The van der Waals surface area contributed by atoms with Crippen molar-refractivity contribution in [2.45, 2.75) is 24.3 Å². The van der Waals surface area contributed by atoms with Crippen LogP contribution in [0.15, 0.2) is 35.3 Å². The monoisotopic (exact) mass is 337 g/mol. The number of ether oxygens (including phenoxy) is 2. The van der Waals surface area contributed by atoms with E-state index in [9.17, 15) is 14.4 Å². The minimum absolute atomic E-state index is 0.0260. The highest BCUT2D eigenvalue weighted by Gasteiger charge is 2.75. The summed E-state index contributed by atoms with van der Waals surface area (Å²) in [6.07, 6.45) is 0. The van der Waals surface area contributed by atoms with Gasteiger partial charge >= 0.3 is 11.9 Å². The fourth-order valence-electron chi connectivity index (χ4n) is 2.57. The van der Waals surface area contributed by atoms with Crippen LogP contribution in [0.3, 0.4) is 0 Å². The summed E-state index contributed by atoms with van der Waals surface area (Å²) in [6.45, 7) is 2.75. The van der Waals surface area contributed by atoms with E-state index in [1.54, 1.807) is 37.3 Å². The molecule has 2 atom stereocenters. The summed E-state index contributed by atoms with van der Waals surface area (Å²) in [5, 5.41) is 0. The lowest BCUT2D eigenvalue weighted by molar-refractivity contribution is -0.161. The Labute approximate surface area is 138 Å². The minimum atomic E-state index is -2.14. The summed E-state index contributed by atoms with van der Waals surface area (Å²) < 4.78 is 9.66. The lowest BCUT2D eigenvalue weighted by Gasteiger charge is -2.46. The number of ketones is 1. The standard InChI is InChI=1S/C16H16ClNO5/c1-4-23-14(21)16(10(2)19)15(17,13(20)22-3)12(18-16)11-8-6-5-7-9-11/h5-9H,4H2,1-3H3. The summed E-state index contributed by atoms with van der Waals surface area (Å²) >= 11 is 6.48. The highest BCUT2D eigenvalue weighted by atomic mass is 35.5. The molecule has 7 heteroatoms. The fourth-order valence-corrected chi connectivity index (χ4v) is 3.05. The number of hydrogen-bond acceptors (Lipinski definition) is 6. The van der Waals surface area contributed by atoms with Crippen molar-refractivity contribution in [3.05, 3.63) is 35.9 Å². The van der Waals surface area contributed by atoms with Gasteiger partial charge in [-0.15, -0.1) is 0 Å². The Bertz CT molecular complexity index is 687. The molecule has 1 aromatic carbocycles. The number of aliphatic imine (C=N–C) groups is 1. The molecule has 23 heavy (non-hydrogen) atoms. The quantitative estimate of drug-likeness (QED) is 0.462. The molecule has 1 aromatic rings. The molecule has 0 saturated carbocycles. The summed E-state index contributed by atoms with van der Waals surface area (Å²) in [6, 6.07) is 8.58. The number of carbonyl (C=O) groups is 3. The highest BCUT2D eigenvalue weighted by Crippen LogP contribution is 2.47. The van der Waals surface area contributed by atoms with Crippen LogP contribution >= 0.6 is 11.6 Å². The van der Waals surface area contributed by atoms with Gasteiger partial charge in [-0.1, -0.05) is 41.9 Å². The molecular weight excluding hydrogens is 322 g/mol. The highest BCUT2D eigenvalue weighted by molar-refractivity contribution is 6.57. The second-order valence-corrected chi connectivity index (χ2v) is 5.53. The van der Waals surface area contributed by atoms with Crippen LogP contribution in [0.2, 0.25) is 0 Å². The Kier molecular flexibility index (Phi) is 4.56. The number of carbonyl (C=O) groups excluding carboxylic acids is 3. The number of esters is 2. The van der Waals surface area contributed by atoms with E-state index in [-0.39, 0.29) is 12.3 Å². The number of alkyl halides is 1. The molecule has 0 amide bonds. The zero-order valence-corrected chi connectivity index (χ0v) is 13.7. The molecule has 122 valence electrons. The Morgan fingerprint density at radius 1 is 1.17 bits per heavy atom. The number of Topliss-reactive ketones (excluding diaryl/α,β-unsaturated/α-hetero) is 1. The predicted molar refractivity (Wildman–Crippen MR) is 83.6 cm³/mol. The summed E-state index contributed by atoms with van der Waals surface area (Å²) in [5.74, 6) is -2.58. The van der Waals surface area contributed by atoms with Crippen molar-refractivity contribution in [3.8, 4) is 0 Å². The van der Waals surface area contributed by atoms with Crippen molar-refractivity contribution in [1.82, 2.24) is 0 Å². The molecular formula is C16H16ClNO5. The molecule has 0 saturated heterocycles. The SMILES string of the molecule is CCOC(=O)C1(C(C)=O)N=C(c2ccccc2)C1(Cl)C(=O)OC. The average Bonchev–Trinajstić information content (AvgIpc) is 2.53. The summed E-state index contributed by atoms with van der Waals surface area (Å²) in [4.78, 5) is 38.9. The Balaban J connectivity index is 2.67. The molecule has 6 nitrogen and oxygen atoms in total. The van der Waals surface area contributed by atoms with Crippen LogP contribution in [-0.2, 0) is 23.9 Å². The van der Waals surface area contributed by atoms with E-state index in [0.29, 0.717) is 5.56 Å². The third-order valence-corrected chi connectivity index (χ3v) is 4.31. The van der Waals surface area contributed by atoms with Crippen LogP contribution < -0.4 is 0 Å². The molecule has 0 fully saturated rings. The number of nitrogens with zero attached hydrogens (tertiary/aromatic N) is 1. The summed E-state index contributed by atoms with van der Waals surface area (Å²) in [5.41, 5.74) is -1.51. The largest absolute Gasteiger partial charge is 0.467 e. The van der Waals surface area contributed by atoms with Crippen LogP contribution in [-0.4, -0.2) is 47.6 Å². The van der Waals surface area contributed by atoms with E-state index >= 15 is 0 Å². The fraction of sp³-hybridized carbons (Fsp3) is 0.375. The van der Waals surface area contributed by atoms with Gasteiger partial charge in [-0.3, -0.25) is 9.79 Å². The summed E-state index contributed by atoms with van der Waals surface area (Å²) in [7, 11) is 1.13. The first-order chi connectivity index (χ1) is 10.9. The molecule has 2 unspecified atom stereocenters. The van der Waals surface area contributed by atoms with Gasteiger partial charge < -0.3 is 9.47 Å². The first kappa shape index (κ1) is 17.1. The van der Waals surface area contributed by atoms with Crippen molar-refractivity contribution in [3.63, 3.8) is 0 Å². The number of rotatable bonds is 5. The molecule has 0 radical (unpaired) electrons. The molecule has 1 aliphatic rings. The second-order valence-electron chi connectivity index (χ2n) is 4.96. The maximum atomic E-state index is 12.4. The van der Waals surface area contributed by atoms with Crippen LogP contribution in [0.1, 0.15) is 19.4 Å². The number of halogens is 1. The van der Waals surface area contributed by atoms with Crippen LogP contribution in [0.4, 0.5) is 0 Å². The van der Waals surface area contributed by atoms with Gasteiger partial charge in [0.05, 0.1) is 19.4 Å². The number of hydrogen-bond donors (Lipinski definition) is 0. The molecule has 1 heterocycles. The second kappa shape index (κ2) is 6.12. The van der Waals surface area contributed by atoms with Crippen LogP contribution in [0.25, 0.3) is 0 Å². The first-order valence-electron chi connectivity index (χ1n) is 6.97. The molecule has 0 bridgehead atoms. The lowest BCUT2D eigenvalue weighted by Crippen LogP contribution is -2.74. The third kappa shape index (κ3) is 2.25. The first-order valence-corrected chi connectivity index (χ1v) is 7.35. The Hall–Kier alpha value is -2.21. The molecule has 0 aliphatic carbocycles. The average molecular weight is 338 g/mol. The zero-order valence-electron chi connectivity index (χ0n) is 13.0. The van der Waals surface area contributed by atoms with E-state index in [0.717, 1.165) is 14.0 Å². The van der Waals surface area contributed by atoms with Crippen molar-refractivity contribution >= 4 is 35.0 Å². The molecule has 1 aliphatic heterocycles. The van der Waals surface area contributed by atoms with Gasteiger partial charge in [0.2, 0.25) is 4.87 Å². The van der Waals surface area contributed by atoms with E-state index < -0.39 is 28.1 Å². The number of methoxy groups -OCH3 is 1. The van der Waals surface area contributed by atoms with Crippen LogP contribution in [0, 0.1) is 0 Å². The van der Waals surface area contributed by atoms with Gasteiger partial charge in [0.1, 0.15) is 0 Å².